The largest absolute Gasteiger partial charge is 0.376 e. The number of fused-ring (bicyclic) bond motifs is 3. The van der Waals surface area contributed by atoms with E-state index in [1.54, 1.807) is 0 Å². The minimum atomic E-state index is -0.637. The summed E-state index contributed by atoms with van der Waals surface area (Å²) in [4.78, 5) is 49.3. The highest BCUT2D eigenvalue weighted by atomic mass is 32.2. The Balaban J connectivity index is 1.21. The first kappa shape index (κ1) is 25.0. The van der Waals surface area contributed by atoms with Crippen molar-refractivity contribution in [3.63, 3.8) is 0 Å². The highest BCUT2D eigenvalue weighted by Crippen LogP contribution is 2.34. The molecular formula is C26H33N5O4S. The van der Waals surface area contributed by atoms with Crippen molar-refractivity contribution in [3.8, 4) is 0 Å². The number of thioether (sulfide) groups is 1. The number of nitrogens with zero attached hydrogens (tertiary/aromatic N) is 3. The first-order valence-corrected chi connectivity index (χ1v) is 14.0. The highest BCUT2D eigenvalue weighted by Gasteiger charge is 2.41. The Morgan fingerprint density at radius 3 is 2.72 bits per heavy atom. The van der Waals surface area contributed by atoms with Gasteiger partial charge in [-0.3, -0.25) is 19.4 Å². The fraction of sp³-hybridized carbons (Fsp3) is 0.577. The third kappa shape index (κ3) is 5.81. The molecule has 10 heteroatoms. The number of rotatable bonds is 8. The van der Waals surface area contributed by atoms with Gasteiger partial charge in [-0.15, -0.1) is 0 Å². The molecule has 0 spiro atoms. The molecular weight excluding hydrogens is 478 g/mol. The zero-order valence-electron chi connectivity index (χ0n) is 20.4. The molecule has 4 aliphatic rings. The minimum absolute atomic E-state index is 0.0219. The Hall–Kier alpha value is -2.72. The Bertz CT molecular complexity index is 1060. The van der Waals surface area contributed by atoms with Crippen molar-refractivity contribution in [1.29, 1.82) is 0 Å². The van der Waals surface area contributed by atoms with Gasteiger partial charge in [-0.2, -0.15) is 0 Å². The van der Waals surface area contributed by atoms with Crippen LogP contribution < -0.4 is 10.6 Å². The molecule has 2 N–H and O–H groups in total. The molecule has 0 aromatic heterocycles. The SMILES string of the molecule is O=C(CSC1=Nc2ccccc2C2=N[C@H](CCC(=O)NC3CCCCC3)C(=O)N12)NC[C@H]1CCCO1. The fourth-order valence-corrected chi connectivity index (χ4v) is 5.95. The van der Waals surface area contributed by atoms with E-state index >= 15 is 0 Å². The molecule has 0 bridgehead atoms. The zero-order chi connectivity index (χ0) is 24.9. The molecule has 1 saturated heterocycles. The van der Waals surface area contributed by atoms with Crippen LogP contribution in [0.2, 0.25) is 0 Å². The first-order chi connectivity index (χ1) is 17.6. The van der Waals surface area contributed by atoms with Gasteiger partial charge in [-0.05, 0) is 44.2 Å². The topological polar surface area (TPSA) is 112 Å². The standard InChI is InChI=1S/C26H33N5O4S/c32-22(28-17-7-2-1-3-8-17)13-12-21-25(34)31-24(29-21)19-10-4-5-11-20(19)30-26(31)36-16-23(33)27-15-18-9-6-14-35-18/h4-5,10-11,17-18,21H,1-3,6-9,12-16H2,(H,27,33)(H,28,32)/t18-,21-/m1/s1. The van der Waals surface area contributed by atoms with Crippen molar-refractivity contribution in [3.05, 3.63) is 29.8 Å². The quantitative estimate of drug-likeness (QED) is 0.557. The van der Waals surface area contributed by atoms with E-state index in [4.69, 9.17) is 9.73 Å². The molecule has 2 fully saturated rings. The Kier molecular flexibility index (Phi) is 8.01. The van der Waals surface area contributed by atoms with Crippen LogP contribution in [0.3, 0.4) is 0 Å². The number of hydrogen-bond donors (Lipinski definition) is 2. The van der Waals surface area contributed by atoms with E-state index in [-0.39, 0.29) is 42.0 Å². The zero-order valence-corrected chi connectivity index (χ0v) is 21.2. The van der Waals surface area contributed by atoms with Gasteiger partial charge in [0.15, 0.2) is 5.17 Å². The summed E-state index contributed by atoms with van der Waals surface area (Å²) in [7, 11) is 0. The molecule has 192 valence electrons. The Morgan fingerprint density at radius 1 is 1.08 bits per heavy atom. The summed E-state index contributed by atoms with van der Waals surface area (Å²) in [5.74, 6) is 0.338. The lowest BCUT2D eigenvalue weighted by Crippen LogP contribution is -2.42. The number of amidine groups is 2. The van der Waals surface area contributed by atoms with Crippen LogP contribution in [0, 0.1) is 0 Å². The Labute approximate surface area is 215 Å². The number of para-hydroxylation sites is 1. The average Bonchev–Trinajstić information content (AvgIpc) is 3.53. The van der Waals surface area contributed by atoms with Crippen LogP contribution in [-0.4, -0.2) is 70.7 Å². The smallest absolute Gasteiger partial charge is 0.259 e. The maximum Gasteiger partial charge on any atom is 0.259 e. The van der Waals surface area contributed by atoms with Crippen molar-refractivity contribution >= 4 is 46.2 Å². The van der Waals surface area contributed by atoms with Crippen LogP contribution in [0.25, 0.3) is 0 Å². The average molecular weight is 512 g/mol. The molecule has 5 rings (SSSR count). The third-order valence-corrected chi connectivity index (χ3v) is 7.98. The van der Waals surface area contributed by atoms with E-state index in [9.17, 15) is 14.4 Å². The lowest BCUT2D eigenvalue weighted by Gasteiger charge is -2.25. The molecule has 1 aromatic carbocycles. The van der Waals surface area contributed by atoms with Crippen LogP contribution in [-0.2, 0) is 19.1 Å². The summed E-state index contributed by atoms with van der Waals surface area (Å²) in [5.41, 5.74) is 1.51. The van der Waals surface area contributed by atoms with E-state index in [0.29, 0.717) is 24.0 Å². The first-order valence-electron chi connectivity index (χ1n) is 13.0. The van der Waals surface area contributed by atoms with Crippen LogP contribution >= 0.6 is 11.8 Å². The number of amides is 3. The van der Waals surface area contributed by atoms with E-state index in [1.807, 2.05) is 24.3 Å². The number of aliphatic imine (C=N–C) groups is 2. The molecule has 1 saturated carbocycles. The van der Waals surface area contributed by atoms with E-state index in [0.717, 1.165) is 56.4 Å². The monoisotopic (exact) mass is 511 g/mol. The van der Waals surface area contributed by atoms with Crippen LogP contribution in [0.15, 0.2) is 34.3 Å². The van der Waals surface area contributed by atoms with Crippen LogP contribution in [0.1, 0.15) is 63.4 Å². The molecule has 9 nitrogen and oxygen atoms in total. The second kappa shape index (κ2) is 11.6. The van der Waals surface area contributed by atoms with Gasteiger partial charge < -0.3 is 15.4 Å². The summed E-state index contributed by atoms with van der Waals surface area (Å²) in [6, 6.07) is 7.16. The second-order valence-corrected chi connectivity index (χ2v) is 10.7. The number of hydrogen-bond acceptors (Lipinski definition) is 7. The second-order valence-electron chi connectivity index (χ2n) is 9.72. The van der Waals surface area contributed by atoms with E-state index < -0.39 is 6.04 Å². The fourth-order valence-electron chi connectivity index (χ4n) is 5.12. The number of nitrogens with one attached hydrogen (secondary N) is 2. The molecule has 1 aliphatic carbocycles. The predicted octanol–water partition coefficient (Wildman–Crippen LogP) is 2.90. The van der Waals surface area contributed by atoms with Crippen molar-refractivity contribution in [1.82, 2.24) is 15.5 Å². The summed E-state index contributed by atoms with van der Waals surface area (Å²) in [6.45, 7) is 1.24. The van der Waals surface area contributed by atoms with Crippen molar-refractivity contribution < 1.29 is 19.1 Å². The van der Waals surface area contributed by atoms with E-state index in [1.165, 1.54) is 23.1 Å². The normalized spacial score (nSPS) is 23.6. The number of carbonyl (C=O) groups is 3. The maximum absolute atomic E-state index is 13.4. The molecule has 0 unspecified atom stereocenters. The molecule has 2 atom stereocenters. The molecule has 3 heterocycles. The third-order valence-electron chi connectivity index (χ3n) is 7.05. The van der Waals surface area contributed by atoms with Crippen molar-refractivity contribution in [2.45, 2.75) is 76.0 Å². The van der Waals surface area contributed by atoms with Gasteiger partial charge in [0.25, 0.3) is 5.91 Å². The van der Waals surface area contributed by atoms with Crippen LogP contribution in [0.4, 0.5) is 5.69 Å². The molecule has 0 radical (unpaired) electrons. The molecule has 1 aromatic rings. The van der Waals surface area contributed by atoms with Gasteiger partial charge in [-0.25, -0.2) is 9.89 Å². The van der Waals surface area contributed by atoms with Gasteiger partial charge in [0.2, 0.25) is 11.8 Å². The van der Waals surface area contributed by atoms with Crippen molar-refractivity contribution in [2.75, 3.05) is 18.9 Å². The lowest BCUT2D eigenvalue weighted by atomic mass is 9.95. The van der Waals surface area contributed by atoms with Crippen LogP contribution in [0.5, 0.6) is 0 Å². The number of benzene rings is 1. The molecule has 3 aliphatic heterocycles. The minimum Gasteiger partial charge on any atom is -0.376 e. The van der Waals surface area contributed by atoms with Gasteiger partial charge >= 0.3 is 0 Å². The Morgan fingerprint density at radius 2 is 1.92 bits per heavy atom. The molecule has 3 amide bonds. The summed E-state index contributed by atoms with van der Waals surface area (Å²) >= 11 is 1.22. The lowest BCUT2D eigenvalue weighted by molar-refractivity contribution is -0.125. The van der Waals surface area contributed by atoms with Gasteiger partial charge in [0, 0.05) is 31.2 Å². The predicted molar refractivity (Wildman–Crippen MR) is 139 cm³/mol. The number of ether oxygens (including phenoxy) is 1. The van der Waals surface area contributed by atoms with E-state index in [2.05, 4.69) is 15.6 Å². The number of carbonyl (C=O) groups excluding carboxylic acids is 3. The molecule has 36 heavy (non-hydrogen) atoms. The summed E-state index contributed by atoms with van der Waals surface area (Å²) in [5, 5.41) is 6.47. The van der Waals surface area contributed by atoms with Gasteiger partial charge in [-0.1, -0.05) is 43.2 Å². The highest BCUT2D eigenvalue weighted by molar-refractivity contribution is 8.14. The summed E-state index contributed by atoms with van der Waals surface area (Å²) in [6.07, 6.45) is 8.25. The van der Waals surface area contributed by atoms with Gasteiger partial charge in [0.1, 0.15) is 11.9 Å². The van der Waals surface area contributed by atoms with Gasteiger partial charge in [0.05, 0.1) is 17.5 Å². The maximum atomic E-state index is 13.4. The summed E-state index contributed by atoms with van der Waals surface area (Å²) < 4.78 is 5.56. The van der Waals surface area contributed by atoms with Crippen molar-refractivity contribution in [2.24, 2.45) is 9.98 Å².